The van der Waals surface area contributed by atoms with E-state index in [0.717, 1.165) is 36.5 Å². The van der Waals surface area contributed by atoms with Crippen LogP contribution in [0, 0.1) is 0 Å². The standard InChI is InChI=1S/C22H35N5O2/c1-6-27(7-2)17-12-10-16(11-13-17)19-15-25-20(23)18(26-19)9-8-14-24-21(28)29-22(3,4)5/h10-13,15,20,25H,6-9,14,23H2,1-5H3,(H,24,28). The third kappa shape index (κ3) is 7.09. The van der Waals surface area contributed by atoms with E-state index in [-0.39, 0.29) is 6.17 Å². The van der Waals surface area contributed by atoms with Crippen molar-refractivity contribution in [1.29, 1.82) is 0 Å². The molecule has 29 heavy (non-hydrogen) atoms. The monoisotopic (exact) mass is 401 g/mol. The average molecular weight is 402 g/mol. The van der Waals surface area contributed by atoms with Crippen LogP contribution in [0.25, 0.3) is 5.70 Å². The first-order chi connectivity index (χ1) is 13.7. The lowest BCUT2D eigenvalue weighted by Crippen LogP contribution is -2.44. The quantitative estimate of drug-likeness (QED) is 0.580. The Morgan fingerprint density at radius 3 is 2.48 bits per heavy atom. The minimum atomic E-state index is -0.496. The molecule has 1 aromatic carbocycles. The molecule has 1 amide bonds. The molecular formula is C22H35N5O2. The Balaban J connectivity index is 1.93. The molecule has 0 aliphatic carbocycles. The lowest BCUT2D eigenvalue weighted by Gasteiger charge is -2.23. The van der Waals surface area contributed by atoms with Crippen molar-refractivity contribution in [3.8, 4) is 0 Å². The second-order valence-electron chi connectivity index (χ2n) is 8.03. The van der Waals surface area contributed by atoms with E-state index in [1.54, 1.807) is 0 Å². The number of aliphatic imine (C=N–C) groups is 1. The highest BCUT2D eigenvalue weighted by Crippen LogP contribution is 2.23. The molecule has 0 saturated heterocycles. The number of nitrogens with two attached hydrogens (primary N) is 1. The number of ether oxygens (including phenoxy) is 1. The fraction of sp³-hybridized carbons (Fsp3) is 0.545. The van der Waals surface area contributed by atoms with E-state index in [1.165, 1.54) is 5.69 Å². The number of benzene rings is 1. The fourth-order valence-electron chi connectivity index (χ4n) is 3.09. The minimum absolute atomic E-state index is 0.310. The SMILES string of the molecule is CCN(CC)c1ccc(C2=CNC(N)C(CCCNC(=O)OC(C)(C)C)=N2)cc1. The molecular weight excluding hydrogens is 366 g/mol. The highest BCUT2D eigenvalue weighted by Gasteiger charge is 2.18. The zero-order valence-electron chi connectivity index (χ0n) is 18.3. The lowest BCUT2D eigenvalue weighted by atomic mass is 10.1. The topological polar surface area (TPSA) is 92.0 Å². The fourth-order valence-corrected chi connectivity index (χ4v) is 3.09. The maximum atomic E-state index is 11.7. The molecule has 0 spiro atoms. The maximum Gasteiger partial charge on any atom is 0.407 e. The number of anilines is 1. The smallest absolute Gasteiger partial charge is 0.407 e. The van der Waals surface area contributed by atoms with Gasteiger partial charge >= 0.3 is 6.09 Å². The molecule has 0 fully saturated rings. The van der Waals surface area contributed by atoms with E-state index >= 15 is 0 Å². The molecule has 1 heterocycles. The van der Waals surface area contributed by atoms with Gasteiger partial charge in [-0.05, 0) is 59.6 Å². The first-order valence-corrected chi connectivity index (χ1v) is 10.3. The van der Waals surface area contributed by atoms with Crippen molar-refractivity contribution in [2.75, 3.05) is 24.5 Å². The van der Waals surface area contributed by atoms with E-state index in [2.05, 4.69) is 53.6 Å². The summed E-state index contributed by atoms with van der Waals surface area (Å²) in [6, 6.07) is 8.42. The Labute approximate surface area is 174 Å². The van der Waals surface area contributed by atoms with Crippen molar-refractivity contribution in [2.45, 2.75) is 59.2 Å². The Bertz CT molecular complexity index is 731. The molecule has 7 nitrogen and oxygen atoms in total. The molecule has 0 saturated carbocycles. The molecule has 4 N–H and O–H groups in total. The van der Waals surface area contributed by atoms with Crippen molar-refractivity contribution < 1.29 is 9.53 Å². The molecule has 2 rings (SSSR count). The summed E-state index contributed by atoms with van der Waals surface area (Å²) in [4.78, 5) is 18.8. The van der Waals surface area contributed by atoms with Crippen LogP contribution in [0.3, 0.4) is 0 Å². The highest BCUT2D eigenvalue weighted by atomic mass is 16.6. The summed E-state index contributed by atoms with van der Waals surface area (Å²) in [5.41, 5.74) is 9.64. The van der Waals surface area contributed by atoms with Crippen molar-refractivity contribution in [2.24, 2.45) is 10.7 Å². The van der Waals surface area contributed by atoms with Crippen LogP contribution in [-0.4, -0.2) is 43.2 Å². The second kappa shape index (κ2) is 10.3. The van der Waals surface area contributed by atoms with Gasteiger partial charge in [0.1, 0.15) is 11.8 Å². The van der Waals surface area contributed by atoms with E-state index in [0.29, 0.717) is 13.0 Å². The van der Waals surface area contributed by atoms with Crippen molar-refractivity contribution >= 4 is 23.2 Å². The zero-order valence-corrected chi connectivity index (χ0v) is 18.3. The summed E-state index contributed by atoms with van der Waals surface area (Å²) in [6.45, 7) is 12.3. The van der Waals surface area contributed by atoms with Crippen LogP contribution >= 0.6 is 0 Å². The van der Waals surface area contributed by atoms with Gasteiger partial charge in [-0.15, -0.1) is 0 Å². The Kier molecular flexibility index (Phi) is 8.08. The first-order valence-electron chi connectivity index (χ1n) is 10.3. The lowest BCUT2D eigenvalue weighted by molar-refractivity contribution is 0.0527. The van der Waals surface area contributed by atoms with Crippen LogP contribution in [0.5, 0.6) is 0 Å². The number of nitrogens with zero attached hydrogens (tertiary/aromatic N) is 2. The minimum Gasteiger partial charge on any atom is -0.444 e. The molecule has 160 valence electrons. The molecule has 0 bridgehead atoms. The van der Waals surface area contributed by atoms with Gasteiger partial charge in [0.2, 0.25) is 0 Å². The third-order valence-electron chi connectivity index (χ3n) is 4.59. The molecule has 1 aromatic rings. The number of rotatable bonds is 8. The summed E-state index contributed by atoms with van der Waals surface area (Å²) in [7, 11) is 0. The maximum absolute atomic E-state index is 11.7. The number of hydrogen-bond acceptors (Lipinski definition) is 6. The van der Waals surface area contributed by atoms with Gasteiger partial charge in [-0.1, -0.05) is 12.1 Å². The molecule has 7 heteroatoms. The number of amides is 1. The van der Waals surface area contributed by atoms with E-state index in [4.69, 9.17) is 15.5 Å². The highest BCUT2D eigenvalue weighted by molar-refractivity contribution is 5.95. The summed E-state index contributed by atoms with van der Waals surface area (Å²) in [6.07, 6.45) is 2.58. The number of carbonyl (C=O) groups excluding carboxylic acids is 1. The summed E-state index contributed by atoms with van der Waals surface area (Å²) < 4.78 is 5.24. The largest absolute Gasteiger partial charge is 0.444 e. The van der Waals surface area contributed by atoms with Crippen LogP contribution in [-0.2, 0) is 4.74 Å². The van der Waals surface area contributed by atoms with Crippen LogP contribution in [0.15, 0.2) is 35.5 Å². The van der Waals surface area contributed by atoms with Crippen LogP contribution in [0.2, 0.25) is 0 Å². The second-order valence-corrected chi connectivity index (χ2v) is 8.03. The molecule has 1 aliphatic heterocycles. The van der Waals surface area contributed by atoms with Crippen molar-refractivity contribution in [3.63, 3.8) is 0 Å². The summed E-state index contributed by atoms with van der Waals surface area (Å²) in [5.74, 6) is 0. The van der Waals surface area contributed by atoms with Gasteiger partial charge in [0.25, 0.3) is 0 Å². The average Bonchev–Trinajstić information content (AvgIpc) is 2.67. The van der Waals surface area contributed by atoms with Gasteiger partial charge in [0, 0.05) is 37.1 Å². The number of carbonyl (C=O) groups is 1. The third-order valence-corrected chi connectivity index (χ3v) is 4.59. The van der Waals surface area contributed by atoms with Crippen molar-refractivity contribution in [3.05, 3.63) is 36.0 Å². The van der Waals surface area contributed by atoms with E-state index < -0.39 is 11.7 Å². The summed E-state index contributed by atoms with van der Waals surface area (Å²) in [5, 5.41) is 5.95. The zero-order chi connectivity index (χ0) is 21.4. The molecule has 1 aliphatic rings. The predicted octanol–water partition coefficient (Wildman–Crippen LogP) is 3.47. The van der Waals surface area contributed by atoms with E-state index in [9.17, 15) is 4.79 Å². The molecule has 1 atom stereocenters. The normalized spacial score (nSPS) is 16.4. The Morgan fingerprint density at radius 2 is 1.90 bits per heavy atom. The van der Waals surface area contributed by atoms with Gasteiger partial charge < -0.3 is 26.0 Å². The molecule has 0 aromatic heterocycles. The van der Waals surface area contributed by atoms with Gasteiger partial charge in [-0.2, -0.15) is 0 Å². The van der Waals surface area contributed by atoms with Gasteiger partial charge in [0.15, 0.2) is 0 Å². The predicted molar refractivity (Wildman–Crippen MR) is 120 cm³/mol. The Morgan fingerprint density at radius 1 is 1.24 bits per heavy atom. The number of hydrogen-bond donors (Lipinski definition) is 3. The number of nitrogens with one attached hydrogen (secondary N) is 2. The summed E-state index contributed by atoms with van der Waals surface area (Å²) >= 11 is 0. The van der Waals surface area contributed by atoms with Crippen LogP contribution in [0.4, 0.5) is 10.5 Å². The first kappa shape index (κ1) is 22.7. The molecule has 1 unspecified atom stereocenters. The molecule has 0 radical (unpaired) electrons. The van der Waals surface area contributed by atoms with Crippen molar-refractivity contribution in [1.82, 2.24) is 10.6 Å². The van der Waals surface area contributed by atoms with Gasteiger partial charge in [-0.3, -0.25) is 4.99 Å². The van der Waals surface area contributed by atoms with Gasteiger partial charge in [0.05, 0.1) is 11.4 Å². The van der Waals surface area contributed by atoms with Crippen LogP contribution in [0.1, 0.15) is 53.0 Å². The van der Waals surface area contributed by atoms with Crippen LogP contribution < -0.4 is 21.3 Å². The van der Waals surface area contributed by atoms with E-state index in [1.807, 2.05) is 27.0 Å². The van der Waals surface area contributed by atoms with Gasteiger partial charge in [-0.25, -0.2) is 4.79 Å². The number of alkyl carbamates (subject to hydrolysis) is 1. The Hall–Kier alpha value is -2.54.